The molecule has 1 amide bonds. The second-order valence-corrected chi connectivity index (χ2v) is 7.24. The van der Waals surface area contributed by atoms with Gasteiger partial charge in [-0.3, -0.25) is 9.69 Å². The fourth-order valence-corrected chi connectivity index (χ4v) is 4.17. The summed E-state index contributed by atoms with van der Waals surface area (Å²) in [6.45, 7) is 7.56. The molecule has 1 atom stereocenters. The van der Waals surface area contributed by atoms with Crippen LogP contribution in [0.2, 0.25) is 0 Å². The molecule has 21 heavy (non-hydrogen) atoms. The number of carbonyl (C=O) groups is 1. The normalized spacial score (nSPS) is 24.5. The molecule has 3 heteroatoms. The summed E-state index contributed by atoms with van der Waals surface area (Å²) in [5.41, 5.74) is 0.264. The predicted molar refractivity (Wildman–Crippen MR) is 88.3 cm³/mol. The lowest BCUT2D eigenvalue weighted by Gasteiger charge is -2.48. The molecular formula is C18H34N2O. The maximum Gasteiger partial charge on any atom is 0.222 e. The van der Waals surface area contributed by atoms with Crippen molar-refractivity contribution in [3.05, 3.63) is 0 Å². The third kappa shape index (κ3) is 4.45. The van der Waals surface area contributed by atoms with Gasteiger partial charge in [-0.1, -0.05) is 46.0 Å². The zero-order valence-electron chi connectivity index (χ0n) is 14.1. The Balaban J connectivity index is 1.94. The minimum absolute atomic E-state index is 0.164. The number of hydrogen-bond donors (Lipinski definition) is 1. The summed E-state index contributed by atoms with van der Waals surface area (Å²) in [4.78, 5) is 15.0. The van der Waals surface area contributed by atoms with Gasteiger partial charge in [-0.25, -0.2) is 0 Å². The maximum absolute atomic E-state index is 12.3. The standard InChI is InChI=1S/C18H34N2O/c1-3-10-16(2)17(21)19-15-18(11-6-4-7-12-18)20-13-8-5-9-14-20/h16H,3-15H2,1-2H3,(H,19,21). The average Bonchev–Trinajstić information content (AvgIpc) is 2.54. The summed E-state index contributed by atoms with van der Waals surface area (Å²) < 4.78 is 0. The Morgan fingerprint density at radius 3 is 2.33 bits per heavy atom. The van der Waals surface area contributed by atoms with Crippen molar-refractivity contribution in [1.82, 2.24) is 10.2 Å². The van der Waals surface area contributed by atoms with Gasteiger partial charge in [0.15, 0.2) is 0 Å². The lowest BCUT2D eigenvalue weighted by molar-refractivity contribution is -0.125. The first-order valence-corrected chi connectivity index (χ1v) is 9.21. The van der Waals surface area contributed by atoms with Crippen molar-refractivity contribution in [1.29, 1.82) is 0 Å². The van der Waals surface area contributed by atoms with E-state index in [0.29, 0.717) is 0 Å². The van der Waals surface area contributed by atoms with E-state index < -0.39 is 0 Å². The van der Waals surface area contributed by atoms with E-state index in [1.807, 2.05) is 0 Å². The molecule has 0 aromatic heterocycles. The number of carbonyl (C=O) groups excluding carboxylic acids is 1. The molecule has 1 N–H and O–H groups in total. The second kappa shape index (κ2) is 8.17. The molecule has 0 radical (unpaired) electrons. The van der Waals surface area contributed by atoms with Gasteiger partial charge in [0.1, 0.15) is 0 Å². The quantitative estimate of drug-likeness (QED) is 0.809. The molecule has 1 unspecified atom stereocenters. The molecule has 1 aliphatic carbocycles. The van der Waals surface area contributed by atoms with Crippen LogP contribution in [-0.2, 0) is 4.79 Å². The molecule has 0 aromatic carbocycles. The zero-order valence-corrected chi connectivity index (χ0v) is 14.1. The Morgan fingerprint density at radius 1 is 1.10 bits per heavy atom. The Morgan fingerprint density at radius 2 is 1.71 bits per heavy atom. The number of nitrogens with zero attached hydrogens (tertiary/aromatic N) is 1. The Labute approximate surface area is 130 Å². The summed E-state index contributed by atoms with van der Waals surface area (Å²) in [6.07, 6.45) is 12.7. The van der Waals surface area contributed by atoms with E-state index >= 15 is 0 Å². The first kappa shape index (κ1) is 16.8. The lowest BCUT2D eigenvalue weighted by Crippen LogP contribution is -2.58. The van der Waals surface area contributed by atoms with Gasteiger partial charge in [-0.2, -0.15) is 0 Å². The molecule has 1 saturated heterocycles. The van der Waals surface area contributed by atoms with Gasteiger partial charge in [-0.05, 0) is 45.2 Å². The monoisotopic (exact) mass is 294 g/mol. The fraction of sp³-hybridized carbons (Fsp3) is 0.944. The topological polar surface area (TPSA) is 32.3 Å². The summed E-state index contributed by atoms with van der Waals surface area (Å²) in [5, 5.41) is 3.29. The van der Waals surface area contributed by atoms with Crippen LogP contribution < -0.4 is 5.32 Å². The van der Waals surface area contributed by atoms with Crippen LogP contribution in [0.5, 0.6) is 0 Å². The first-order chi connectivity index (χ1) is 10.2. The first-order valence-electron chi connectivity index (χ1n) is 9.21. The van der Waals surface area contributed by atoms with Crippen LogP contribution >= 0.6 is 0 Å². The summed E-state index contributed by atoms with van der Waals surface area (Å²) in [7, 11) is 0. The van der Waals surface area contributed by atoms with Gasteiger partial charge in [0, 0.05) is 18.0 Å². The number of rotatable bonds is 6. The van der Waals surface area contributed by atoms with Gasteiger partial charge >= 0.3 is 0 Å². The second-order valence-electron chi connectivity index (χ2n) is 7.24. The van der Waals surface area contributed by atoms with E-state index in [1.165, 1.54) is 64.5 Å². The van der Waals surface area contributed by atoms with Crippen molar-refractivity contribution < 1.29 is 4.79 Å². The molecule has 0 aromatic rings. The SMILES string of the molecule is CCCC(C)C(=O)NCC1(N2CCCCC2)CCCCC1. The average molecular weight is 294 g/mol. The Bertz CT molecular complexity index is 317. The molecular weight excluding hydrogens is 260 g/mol. The van der Waals surface area contributed by atoms with Gasteiger partial charge in [-0.15, -0.1) is 0 Å². The highest BCUT2D eigenvalue weighted by Gasteiger charge is 2.38. The molecule has 1 saturated carbocycles. The van der Waals surface area contributed by atoms with Crippen molar-refractivity contribution in [2.45, 2.75) is 83.6 Å². The van der Waals surface area contributed by atoms with E-state index in [-0.39, 0.29) is 17.4 Å². The van der Waals surface area contributed by atoms with Crippen molar-refractivity contribution in [3.63, 3.8) is 0 Å². The van der Waals surface area contributed by atoms with E-state index in [0.717, 1.165) is 19.4 Å². The molecule has 2 fully saturated rings. The molecule has 0 bridgehead atoms. The van der Waals surface area contributed by atoms with Crippen molar-refractivity contribution in [2.75, 3.05) is 19.6 Å². The predicted octanol–water partition coefficient (Wildman–Crippen LogP) is 3.73. The molecule has 1 aliphatic heterocycles. The minimum Gasteiger partial charge on any atom is -0.354 e. The highest BCUT2D eigenvalue weighted by atomic mass is 16.1. The minimum atomic E-state index is 0.164. The van der Waals surface area contributed by atoms with Crippen LogP contribution in [-0.4, -0.2) is 36.0 Å². The van der Waals surface area contributed by atoms with Crippen LogP contribution in [0.4, 0.5) is 0 Å². The van der Waals surface area contributed by atoms with Crippen LogP contribution in [0, 0.1) is 5.92 Å². The van der Waals surface area contributed by atoms with Gasteiger partial charge < -0.3 is 5.32 Å². The molecule has 1 heterocycles. The summed E-state index contributed by atoms with van der Waals surface area (Å²) in [6, 6.07) is 0. The third-order valence-electron chi connectivity index (χ3n) is 5.57. The van der Waals surface area contributed by atoms with Gasteiger partial charge in [0.05, 0.1) is 0 Å². The maximum atomic E-state index is 12.3. The highest BCUT2D eigenvalue weighted by molar-refractivity contribution is 5.78. The van der Waals surface area contributed by atoms with Crippen molar-refractivity contribution in [3.8, 4) is 0 Å². The molecule has 3 nitrogen and oxygen atoms in total. The largest absolute Gasteiger partial charge is 0.354 e. The van der Waals surface area contributed by atoms with Crippen molar-refractivity contribution >= 4 is 5.91 Å². The van der Waals surface area contributed by atoms with Crippen LogP contribution in [0.15, 0.2) is 0 Å². The number of nitrogens with one attached hydrogen (secondary N) is 1. The number of likely N-dealkylation sites (tertiary alicyclic amines) is 1. The number of amides is 1. The van der Waals surface area contributed by atoms with Gasteiger partial charge in [0.2, 0.25) is 5.91 Å². The van der Waals surface area contributed by atoms with E-state index in [2.05, 4.69) is 24.1 Å². The zero-order chi connectivity index (χ0) is 15.1. The number of hydrogen-bond acceptors (Lipinski definition) is 2. The fourth-order valence-electron chi connectivity index (χ4n) is 4.17. The summed E-state index contributed by atoms with van der Waals surface area (Å²) >= 11 is 0. The van der Waals surface area contributed by atoms with Crippen LogP contribution in [0.3, 0.4) is 0 Å². The molecule has 0 spiro atoms. The van der Waals surface area contributed by atoms with Crippen LogP contribution in [0.25, 0.3) is 0 Å². The molecule has 122 valence electrons. The molecule has 2 rings (SSSR count). The van der Waals surface area contributed by atoms with E-state index in [9.17, 15) is 4.79 Å². The van der Waals surface area contributed by atoms with E-state index in [1.54, 1.807) is 0 Å². The van der Waals surface area contributed by atoms with Gasteiger partial charge in [0.25, 0.3) is 0 Å². The van der Waals surface area contributed by atoms with Crippen molar-refractivity contribution in [2.24, 2.45) is 5.92 Å². The highest BCUT2D eigenvalue weighted by Crippen LogP contribution is 2.35. The van der Waals surface area contributed by atoms with Crippen LogP contribution in [0.1, 0.15) is 78.1 Å². The molecule has 2 aliphatic rings. The Kier molecular flexibility index (Phi) is 6.53. The third-order valence-corrected chi connectivity index (χ3v) is 5.57. The summed E-state index contributed by atoms with van der Waals surface area (Å²) in [5.74, 6) is 0.427. The Hall–Kier alpha value is -0.570. The smallest absolute Gasteiger partial charge is 0.222 e. The number of piperidine rings is 1. The van der Waals surface area contributed by atoms with E-state index in [4.69, 9.17) is 0 Å². The lowest BCUT2D eigenvalue weighted by atomic mass is 9.79.